The van der Waals surface area contributed by atoms with Gasteiger partial charge in [0.05, 0.1) is 7.11 Å². The lowest BCUT2D eigenvalue weighted by Gasteiger charge is -2.11. The zero-order chi connectivity index (χ0) is 23.0. The van der Waals surface area contributed by atoms with Crippen molar-refractivity contribution in [1.29, 1.82) is 0 Å². The van der Waals surface area contributed by atoms with Crippen LogP contribution in [0.15, 0.2) is 57.4 Å². The van der Waals surface area contributed by atoms with E-state index < -0.39 is 23.3 Å². The Hall–Kier alpha value is -3.61. The van der Waals surface area contributed by atoms with Gasteiger partial charge in [0.2, 0.25) is 0 Å². The van der Waals surface area contributed by atoms with Crippen LogP contribution in [0.2, 0.25) is 0 Å². The lowest BCUT2D eigenvalue weighted by atomic mass is 9.99. The number of ketones is 1. The first-order valence-electron chi connectivity index (χ1n) is 9.89. The fraction of sp³-hybridized carbons (Fsp3) is 0.292. The number of aryl methyl sites for hydroxylation is 1. The summed E-state index contributed by atoms with van der Waals surface area (Å²) in [5.74, 6) is -0.881. The van der Waals surface area contributed by atoms with Crippen molar-refractivity contribution in [2.24, 2.45) is 0 Å². The van der Waals surface area contributed by atoms with Crippen LogP contribution in [0, 0.1) is 6.92 Å². The topological polar surface area (TPSA) is 106 Å². The van der Waals surface area contributed by atoms with E-state index in [-0.39, 0.29) is 17.2 Å². The Balaban J connectivity index is 2.12. The number of Topliss-reactive ketones (excluding diaryl/α,β-unsaturated/α-hetero) is 1. The van der Waals surface area contributed by atoms with Crippen LogP contribution in [0.1, 0.15) is 59.9 Å². The third-order valence-electron chi connectivity index (χ3n) is 4.75. The molecule has 164 valence electrons. The van der Waals surface area contributed by atoms with Crippen LogP contribution in [0.5, 0.6) is 5.75 Å². The summed E-state index contributed by atoms with van der Waals surface area (Å²) in [6.45, 7) is 5.39. The lowest BCUT2D eigenvalue weighted by molar-refractivity contribution is 0.102. The first kappa shape index (κ1) is 23.7. The maximum Gasteiger partial charge on any atom is 0.410 e. The van der Waals surface area contributed by atoms with E-state index in [4.69, 9.17) is 4.42 Å². The van der Waals surface area contributed by atoms with Crippen molar-refractivity contribution < 1.29 is 23.8 Å². The summed E-state index contributed by atoms with van der Waals surface area (Å²) in [5.41, 5.74) is 0.987. The van der Waals surface area contributed by atoms with E-state index in [1.807, 2.05) is 38.1 Å². The van der Waals surface area contributed by atoms with Crippen molar-refractivity contribution in [2.75, 3.05) is 7.11 Å². The van der Waals surface area contributed by atoms with Gasteiger partial charge in [-0.25, -0.2) is 9.59 Å². The summed E-state index contributed by atoms with van der Waals surface area (Å²) >= 11 is 0. The largest absolute Gasteiger partial charge is 0.507 e. The van der Waals surface area contributed by atoms with Crippen LogP contribution in [0.25, 0.3) is 6.08 Å². The molecule has 1 heterocycles. The van der Waals surface area contributed by atoms with Crippen LogP contribution in [0.3, 0.4) is 0 Å². The molecule has 0 saturated carbocycles. The van der Waals surface area contributed by atoms with E-state index in [1.54, 1.807) is 19.1 Å². The van der Waals surface area contributed by atoms with Crippen LogP contribution >= 0.6 is 0 Å². The second kappa shape index (κ2) is 11.0. The molecule has 2 rings (SSSR count). The molecule has 0 aliphatic carbocycles. The molecule has 0 radical (unpaired) electrons. The predicted molar refractivity (Wildman–Crippen MR) is 118 cm³/mol. The molecule has 2 aromatic rings. The number of benzene rings is 1. The summed E-state index contributed by atoms with van der Waals surface area (Å²) in [6.07, 6.45) is 5.49. The van der Waals surface area contributed by atoms with Gasteiger partial charge < -0.3 is 14.3 Å². The molecular weight excluding hydrogens is 398 g/mol. The number of methoxy groups -OCH3 is 1. The molecule has 31 heavy (non-hydrogen) atoms. The first-order chi connectivity index (χ1) is 14.7. The Morgan fingerprint density at radius 3 is 2.55 bits per heavy atom. The SMILES string of the molecule is COC(=O)N/C=C/CCC(C)c1cc(O)c(C(=O)/C(C)=C/c2ccc(C)cc2)c(=O)o1. The number of rotatable bonds is 8. The number of allylic oxidation sites excluding steroid dienone is 2. The Kier molecular flexibility index (Phi) is 8.37. The van der Waals surface area contributed by atoms with Gasteiger partial charge in [-0.2, -0.15) is 0 Å². The van der Waals surface area contributed by atoms with E-state index in [0.29, 0.717) is 18.4 Å². The second-order valence-corrected chi connectivity index (χ2v) is 7.28. The third-order valence-corrected chi connectivity index (χ3v) is 4.75. The van der Waals surface area contributed by atoms with Crippen LogP contribution < -0.4 is 10.9 Å². The van der Waals surface area contributed by atoms with Crippen molar-refractivity contribution in [2.45, 2.75) is 39.5 Å². The van der Waals surface area contributed by atoms with Crippen molar-refractivity contribution >= 4 is 18.0 Å². The molecule has 0 bridgehead atoms. The van der Waals surface area contributed by atoms with Gasteiger partial charge in [-0.3, -0.25) is 10.1 Å². The fourth-order valence-corrected chi connectivity index (χ4v) is 2.88. The van der Waals surface area contributed by atoms with Gasteiger partial charge >= 0.3 is 11.7 Å². The molecule has 7 nitrogen and oxygen atoms in total. The number of alkyl carbamates (subject to hydrolysis) is 1. The Morgan fingerprint density at radius 2 is 1.94 bits per heavy atom. The zero-order valence-corrected chi connectivity index (χ0v) is 18.1. The highest BCUT2D eigenvalue weighted by atomic mass is 16.5. The maximum absolute atomic E-state index is 12.7. The standard InChI is InChI=1S/C24H27NO6/c1-15-8-10-18(11-9-15)13-17(3)22(27)21-19(26)14-20(31-23(21)28)16(2)7-5-6-12-25-24(29)30-4/h6,8-14,16,26H,5,7H2,1-4H3,(H,25,29)/b12-6+,17-13+. The maximum atomic E-state index is 12.7. The first-order valence-corrected chi connectivity index (χ1v) is 9.89. The molecule has 0 aliphatic heterocycles. The average molecular weight is 425 g/mol. The van der Waals surface area contributed by atoms with Gasteiger partial charge in [-0.05, 0) is 43.9 Å². The van der Waals surface area contributed by atoms with Gasteiger partial charge in [0.25, 0.3) is 0 Å². The number of nitrogens with one attached hydrogen (secondary N) is 1. The summed E-state index contributed by atoms with van der Waals surface area (Å²) in [4.78, 5) is 36.1. The molecule has 2 N–H and O–H groups in total. The van der Waals surface area contributed by atoms with Crippen LogP contribution in [0.4, 0.5) is 4.79 Å². The predicted octanol–water partition coefficient (Wildman–Crippen LogP) is 4.69. The molecular formula is C24H27NO6. The second-order valence-electron chi connectivity index (χ2n) is 7.28. The van der Waals surface area contributed by atoms with E-state index in [2.05, 4.69) is 10.1 Å². The molecule has 1 aromatic carbocycles. The van der Waals surface area contributed by atoms with Gasteiger partial charge in [0, 0.05) is 18.2 Å². The van der Waals surface area contributed by atoms with E-state index in [1.165, 1.54) is 19.4 Å². The Labute approximate surface area is 181 Å². The number of carbonyl (C=O) groups excluding carboxylic acids is 2. The molecule has 0 spiro atoms. The van der Waals surface area contributed by atoms with Crippen molar-refractivity contribution in [3.8, 4) is 5.75 Å². The highest BCUT2D eigenvalue weighted by Crippen LogP contribution is 2.26. The fourth-order valence-electron chi connectivity index (χ4n) is 2.88. The minimum atomic E-state index is -0.869. The van der Waals surface area contributed by atoms with Crippen molar-refractivity contribution in [3.05, 3.63) is 81.1 Å². The summed E-state index contributed by atoms with van der Waals surface area (Å²) in [6, 6.07) is 8.90. The van der Waals surface area contributed by atoms with Crippen molar-refractivity contribution in [1.82, 2.24) is 5.32 Å². The number of hydrogen-bond acceptors (Lipinski definition) is 6. The normalized spacial score (nSPS) is 12.6. The Bertz CT molecular complexity index is 1050. The number of hydrogen-bond donors (Lipinski definition) is 2. The molecule has 1 unspecified atom stereocenters. The van der Waals surface area contributed by atoms with Gasteiger partial charge in [-0.1, -0.05) is 42.8 Å². The highest BCUT2D eigenvalue weighted by Gasteiger charge is 2.22. The highest BCUT2D eigenvalue weighted by molar-refractivity contribution is 6.12. The number of aromatic hydroxyl groups is 1. The molecule has 0 aliphatic rings. The van der Waals surface area contributed by atoms with Crippen molar-refractivity contribution in [3.63, 3.8) is 0 Å². The average Bonchev–Trinajstić information content (AvgIpc) is 2.73. The summed E-state index contributed by atoms with van der Waals surface area (Å²) in [7, 11) is 1.27. The van der Waals surface area contributed by atoms with Gasteiger partial charge in [-0.15, -0.1) is 0 Å². The summed E-state index contributed by atoms with van der Waals surface area (Å²) in [5, 5.41) is 12.8. The van der Waals surface area contributed by atoms with E-state index in [9.17, 15) is 19.5 Å². The van der Waals surface area contributed by atoms with E-state index in [0.717, 1.165) is 11.1 Å². The monoisotopic (exact) mass is 425 g/mol. The smallest absolute Gasteiger partial charge is 0.410 e. The molecule has 1 amide bonds. The number of carbonyl (C=O) groups is 2. The minimum Gasteiger partial charge on any atom is -0.507 e. The summed E-state index contributed by atoms with van der Waals surface area (Å²) < 4.78 is 9.77. The minimum absolute atomic E-state index is 0.185. The Morgan fingerprint density at radius 1 is 1.26 bits per heavy atom. The quantitative estimate of drug-likeness (QED) is 0.469. The number of ether oxygens (including phenoxy) is 1. The molecule has 1 aromatic heterocycles. The zero-order valence-electron chi connectivity index (χ0n) is 18.1. The number of amides is 1. The molecule has 0 fully saturated rings. The van der Waals surface area contributed by atoms with Gasteiger partial charge in [0.15, 0.2) is 5.78 Å². The van der Waals surface area contributed by atoms with Crippen LogP contribution in [-0.2, 0) is 4.74 Å². The lowest BCUT2D eigenvalue weighted by Crippen LogP contribution is -2.16. The molecule has 1 atom stereocenters. The third kappa shape index (κ3) is 6.70. The van der Waals surface area contributed by atoms with Crippen LogP contribution in [-0.4, -0.2) is 24.1 Å². The van der Waals surface area contributed by atoms with Gasteiger partial charge in [0.1, 0.15) is 17.1 Å². The molecule has 7 heteroatoms. The molecule has 0 saturated heterocycles. The van der Waals surface area contributed by atoms with E-state index >= 15 is 0 Å².